The zero-order valence-electron chi connectivity index (χ0n) is 16.1. The molecule has 3 rings (SSSR count). The van der Waals surface area contributed by atoms with E-state index in [1.165, 1.54) is 19.4 Å². The van der Waals surface area contributed by atoms with E-state index < -0.39 is 19.7 Å². The quantitative estimate of drug-likeness (QED) is 0.397. The molecule has 0 saturated carbocycles. The highest BCUT2D eigenvalue weighted by molar-refractivity contribution is 9.10. The van der Waals surface area contributed by atoms with Crippen LogP contribution in [0.25, 0.3) is 22.6 Å². The van der Waals surface area contributed by atoms with Gasteiger partial charge in [0.15, 0.2) is 0 Å². The van der Waals surface area contributed by atoms with Gasteiger partial charge in [-0.15, -0.1) is 0 Å². The van der Waals surface area contributed by atoms with Crippen molar-refractivity contribution in [3.63, 3.8) is 0 Å². The van der Waals surface area contributed by atoms with Crippen LogP contribution < -0.4 is 4.74 Å². The number of carbonyl (C=O) groups excluding carboxylic acids is 1. The molecule has 1 heterocycles. The fraction of sp³-hybridized carbons (Fsp3) is 0.0952. The molecule has 0 bridgehead atoms. The summed E-state index contributed by atoms with van der Waals surface area (Å²) < 4.78 is 18.5. The molecule has 156 valence electrons. The SMILES string of the molecule is COc1ccc(C#N)cc1/C=C(\C#N)c1cn(C(=O)CP(=O)(O)O)c2ccc(Br)cc12. The van der Waals surface area contributed by atoms with Crippen LogP contribution in [0.5, 0.6) is 5.75 Å². The first kappa shape index (κ1) is 22.5. The van der Waals surface area contributed by atoms with Gasteiger partial charge in [-0.25, -0.2) is 0 Å². The molecule has 0 atom stereocenters. The Bertz CT molecular complexity index is 1360. The van der Waals surface area contributed by atoms with E-state index in [4.69, 9.17) is 4.74 Å². The summed E-state index contributed by atoms with van der Waals surface area (Å²) in [5.74, 6) is -0.345. The third-order valence-corrected chi connectivity index (χ3v) is 5.62. The Morgan fingerprint density at radius 1 is 1.26 bits per heavy atom. The van der Waals surface area contributed by atoms with Crippen LogP contribution in [0, 0.1) is 22.7 Å². The van der Waals surface area contributed by atoms with Gasteiger partial charge in [-0.05, 0) is 42.5 Å². The second-order valence-corrected chi connectivity index (χ2v) is 9.09. The topological polar surface area (TPSA) is 136 Å². The summed E-state index contributed by atoms with van der Waals surface area (Å²) in [7, 11) is -3.11. The molecule has 0 aliphatic carbocycles. The Labute approximate surface area is 185 Å². The predicted molar refractivity (Wildman–Crippen MR) is 118 cm³/mol. The molecular formula is C21H15BrN3O5P. The van der Waals surface area contributed by atoms with Crippen LogP contribution in [0.1, 0.15) is 21.5 Å². The van der Waals surface area contributed by atoms with Crippen LogP contribution in [-0.2, 0) is 4.57 Å². The van der Waals surface area contributed by atoms with E-state index in [9.17, 15) is 29.7 Å². The minimum Gasteiger partial charge on any atom is -0.496 e. The molecule has 31 heavy (non-hydrogen) atoms. The molecule has 1 aromatic heterocycles. The van der Waals surface area contributed by atoms with Gasteiger partial charge in [0.1, 0.15) is 11.9 Å². The smallest absolute Gasteiger partial charge is 0.334 e. The number of nitrogens with zero attached hydrogens (tertiary/aromatic N) is 3. The number of halogens is 1. The molecule has 10 heteroatoms. The number of hydrogen-bond donors (Lipinski definition) is 2. The van der Waals surface area contributed by atoms with Crippen LogP contribution in [0.15, 0.2) is 47.1 Å². The molecule has 0 unspecified atom stereocenters. The molecule has 0 radical (unpaired) electrons. The van der Waals surface area contributed by atoms with Crippen molar-refractivity contribution in [2.45, 2.75) is 0 Å². The van der Waals surface area contributed by atoms with Crippen LogP contribution in [0.3, 0.4) is 0 Å². The van der Waals surface area contributed by atoms with E-state index in [0.717, 1.165) is 4.57 Å². The Morgan fingerprint density at radius 2 is 2.00 bits per heavy atom. The monoisotopic (exact) mass is 499 g/mol. The zero-order valence-corrected chi connectivity index (χ0v) is 18.6. The number of ether oxygens (including phenoxy) is 1. The summed E-state index contributed by atoms with van der Waals surface area (Å²) >= 11 is 3.36. The lowest BCUT2D eigenvalue weighted by Crippen LogP contribution is -2.14. The van der Waals surface area contributed by atoms with E-state index >= 15 is 0 Å². The first-order chi connectivity index (χ1) is 14.7. The van der Waals surface area contributed by atoms with Gasteiger partial charge < -0.3 is 14.5 Å². The molecular weight excluding hydrogens is 485 g/mol. The third kappa shape index (κ3) is 4.93. The number of carbonyl (C=O) groups is 1. The van der Waals surface area contributed by atoms with Gasteiger partial charge in [0.25, 0.3) is 0 Å². The number of hydrogen-bond acceptors (Lipinski definition) is 5. The van der Waals surface area contributed by atoms with Crippen molar-refractivity contribution < 1.29 is 23.9 Å². The molecule has 0 saturated heterocycles. The number of methoxy groups -OCH3 is 1. The second kappa shape index (κ2) is 8.89. The Hall–Kier alpha value is -3.20. The fourth-order valence-electron chi connectivity index (χ4n) is 3.12. The largest absolute Gasteiger partial charge is 0.496 e. The average molecular weight is 500 g/mol. The van der Waals surface area contributed by atoms with Crippen LogP contribution in [-0.4, -0.2) is 33.5 Å². The van der Waals surface area contributed by atoms with Gasteiger partial charge in [0, 0.05) is 27.2 Å². The van der Waals surface area contributed by atoms with Crippen molar-refractivity contribution in [2.24, 2.45) is 0 Å². The normalized spacial score (nSPS) is 11.7. The summed E-state index contributed by atoms with van der Waals surface area (Å²) in [6.45, 7) is 0. The maximum atomic E-state index is 12.5. The van der Waals surface area contributed by atoms with Crippen LogP contribution in [0.4, 0.5) is 0 Å². The van der Waals surface area contributed by atoms with Gasteiger partial charge in [0.05, 0.1) is 35.9 Å². The van der Waals surface area contributed by atoms with E-state index in [0.29, 0.717) is 37.8 Å². The predicted octanol–water partition coefficient (Wildman–Crippen LogP) is 4.17. The van der Waals surface area contributed by atoms with Crippen molar-refractivity contribution in [1.29, 1.82) is 10.5 Å². The maximum absolute atomic E-state index is 12.5. The van der Waals surface area contributed by atoms with Gasteiger partial charge in [-0.1, -0.05) is 15.9 Å². The molecule has 3 aromatic rings. The van der Waals surface area contributed by atoms with E-state index in [2.05, 4.69) is 22.0 Å². The molecule has 2 N–H and O–H groups in total. The summed E-state index contributed by atoms with van der Waals surface area (Å²) in [6, 6.07) is 13.9. The number of benzene rings is 2. The van der Waals surface area contributed by atoms with E-state index in [1.807, 2.05) is 6.07 Å². The number of rotatable bonds is 5. The van der Waals surface area contributed by atoms with Gasteiger partial charge in [-0.2, -0.15) is 10.5 Å². The number of fused-ring (bicyclic) bond motifs is 1. The minimum absolute atomic E-state index is 0.180. The Kier molecular flexibility index (Phi) is 6.45. The first-order valence-corrected chi connectivity index (χ1v) is 11.3. The van der Waals surface area contributed by atoms with Crippen LogP contribution >= 0.6 is 23.5 Å². The number of allylic oxidation sites excluding steroid dienone is 1. The van der Waals surface area contributed by atoms with E-state index in [-0.39, 0.29) is 5.57 Å². The molecule has 2 aromatic carbocycles. The molecule has 0 aliphatic heterocycles. The average Bonchev–Trinajstić information content (AvgIpc) is 3.09. The Balaban J connectivity index is 2.24. The van der Waals surface area contributed by atoms with Crippen molar-refractivity contribution in [1.82, 2.24) is 4.57 Å². The maximum Gasteiger partial charge on any atom is 0.334 e. The lowest BCUT2D eigenvalue weighted by molar-refractivity contribution is 0.0939. The summed E-state index contributed by atoms with van der Waals surface area (Å²) in [6.07, 6.45) is 1.95. The van der Waals surface area contributed by atoms with Gasteiger partial charge in [0.2, 0.25) is 5.91 Å². The highest BCUT2D eigenvalue weighted by atomic mass is 79.9. The molecule has 0 amide bonds. The van der Waals surface area contributed by atoms with Crippen LogP contribution in [0.2, 0.25) is 0 Å². The standard InChI is InChI=1S/C21H15BrN3O5P/c1-30-20-5-2-13(9-23)6-14(20)7-15(10-24)18-11-25(21(26)12-31(27,28)29)19-4-3-16(22)8-17(18)19/h2-8,11H,12H2,1H3,(H2,27,28,29)/b15-7+. The van der Waals surface area contributed by atoms with E-state index in [1.54, 1.807) is 36.4 Å². The lowest BCUT2D eigenvalue weighted by atomic mass is 10.0. The van der Waals surface area contributed by atoms with Gasteiger partial charge in [-0.3, -0.25) is 13.9 Å². The summed E-state index contributed by atoms with van der Waals surface area (Å²) in [4.78, 5) is 30.9. The van der Waals surface area contributed by atoms with Crippen molar-refractivity contribution in [3.05, 3.63) is 63.8 Å². The fourth-order valence-corrected chi connectivity index (χ4v) is 3.98. The van der Waals surface area contributed by atoms with Gasteiger partial charge >= 0.3 is 7.60 Å². The number of nitriles is 2. The van der Waals surface area contributed by atoms with Crippen molar-refractivity contribution in [3.8, 4) is 17.9 Å². The minimum atomic E-state index is -4.58. The Morgan fingerprint density at radius 3 is 2.61 bits per heavy atom. The zero-order chi connectivity index (χ0) is 22.8. The molecule has 0 spiro atoms. The molecule has 0 aliphatic rings. The molecule has 8 nitrogen and oxygen atoms in total. The lowest BCUT2D eigenvalue weighted by Gasteiger charge is -2.06. The first-order valence-electron chi connectivity index (χ1n) is 8.75. The van der Waals surface area contributed by atoms with Crippen molar-refractivity contribution >= 4 is 52.0 Å². The number of aromatic nitrogens is 1. The summed E-state index contributed by atoms with van der Waals surface area (Å²) in [5, 5.41) is 19.6. The molecule has 0 fully saturated rings. The highest BCUT2D eigenvalue weighted by Crippen LogP contribution is 2.36. The second-order valence-electron chi connectivity index (χ2n) is 6.53. The highest BCUT2D eigenvalue weighted by Gasteiger charge is 2.23. The third-order valence-electron chi connectivity index (χ3n) is 4.45. The summed E-state index contributed by atoms with van der Waals surface area (Å²) in [5.41, 5.74) is 1.85. The van der Waals surface area contributed by atoms with Crippen molar-refractivity contribution in [2.75, 3.05) is 13.3 Å².